The van der Waals surface area contributed by atoms with Gasteiger partial charge >= 0.3 is 5.97 Å². The van der Waals surface area contributed by atoms with Gasteiger partial charge in [0.25, 0.3) is 0 Å². The van der Waals surface area contributed by atoms with Crippen molar-refractivity contribution in [1.29, 1.82) is 0 Å². The van der Waals surface area contributed by atoms with E-state index in [-0.39, 0.29) is 0 Å². The molecule has 0 aromatic rings. The first kappa shape index (κ1) is 12.5. The molecule has 0 unspecified atom stereocenters. The molecule has 1 fully saturated rings. The summed E-state index contributed by atoms with van der Waals surface area (Å²) in [6.45, 7) is 8.09. The highest BCUT2D eigenvalue weighted by atomic mass is 16.4. The number of hydrogen-bond donors (Lipinski definition) is 1. The van der Waals surface area contributed by atoms with E-state index < -0.39 is 11.5 Å². The molecule has 1 rings (SSSR count). The maximum Gasteiger partial charge on any atom is 0.324 e. The highest BCUT2D eigenvalue weighted by Crippen LogP contribution is 2.33. The Morgan fingerprint density at radius 1 is 1.33 bits per heavy atom. The molecular formula is C12H23NO2. The quantitative estimate of drug-likeness (QED) is 0.736. The van der Waals surface area contributed by atoms with Crippen molar-refractivity contribution in [1.82, 2.24) is 4.90 Å². The maximum atomic E-state index is 11.3. The van der Waals surface area contributed by atoms with Crippen molar-refractivity contribution in [2.24, 2.45) is 5.92 Å². The Morgan fingerprint density at radius 3 is 2.20 bits per heavy atom. The van der Waals surface area contributed by atoms with Crippen molar-refractivity contribution < 1.29 is 9.90 Å². The second-order valence-corrected chi connectivity index (χ2v) is 4.60. The van der Waals surface area contributed by atoms with Crippen LogP contribution in [0.3, 0.4) is 0 Å². The second kappa shape index (κ2) is 4.97. The lowest BCUT2D eigenvalue weighted by Crippen LogP contribution is -2.63. The van der Waals surface area contributed by atoms with Crippen LogP contribution in [0.15, 0.2) is 0 Å². The average Bonchev–Trinajstić information content (AvgIpc) is 2.15. The number of hydrogen-bond acceptors (Lipinski definition) is 2. The summed E-state index contributed by atoms with van der Waals surface area (Å²) < 4.78 is 0. The average molecular weight is 213 g/mol. The molecule has 1 saturated heterocycles. The van der Waals surface area contributed by atoms with E-state index in [0.29, 0.717) is 12.8 Å². The fourth-order valence-corrected chi connectivity index (χ4v) is 2.65. The minimum atomic E-state index is -0.651. The SMILES string of the molecule is CCCC1CN(C(CC)(CC)C(=O)O)C1. The number of aliphatic carboxylic acids is 1. The van der Waals surface area contributed by atoms with Gasteiger partial charge in [-0.25, -0.2) is 0 Å². The van der Waals surface area contributed by atoms with Crippen LogP contribution in [-0.4, -0.2) is 34.6 Å². The molecule has 0 spiro atoms. The first-order valence-electron chi connectivity index (χ1n) is 6.09. The highest BCUT2D eigenvalue weighted by molar-refractivity contribution is 5.78. The zero-order valence-electron chi connectivity index (χ0n) is 10.1. The molecule has 0 amide bonds. The minimum absolute atomic E-state index is 0.593. The van der Waals surface area contributed by atoms with Crippen LogP contribution in [-0.2, 0) is 4.79 Å². The van der Waals surface area contributed by atoms with E-state index in [1.54, 1.807) is 0 Å². The molecule has 0 atom stereocenters. The Hall–Kier alpha value is -0.570. The zero-order valence-corrected chi connectivity index (χ0v) is 10.1. The van der Waals surface area contributed by atoms with Gasteiger partial charge < -0.3 is 5.11 Å². The van der Waals surface area contributed by atoms with Gasteiger partial charge in [-0.2, -0.15) is 0 Å². The van der Waals surface area contributed by atoms with Crippen LogP contribution in [0.2, 0.25) is 0 Å². The molecule has 0 radical (unpaired) electrons. The summed E-state index contributed by atoms with van der Waals surface area (Å²) in [6.07, 6.45) is 3.85. The lowest BCUT2D eigenvalue weighted by Gasteiger charge is -2.49. The molecule has 0 aliphatic carbocycles. The predicted molar refractivity (Wildman–Crippen MR) is 60.9 cm³/mol. The summed E-state index contributed by atoms with van der Waals surface area (Å²) in [4.78, 5) is 13.5. The number of carboxylic acid groups (broad SMARTS) is 1. The fraction of sp³-hybridized carbons (Fsp3) is 0.917. The Morgan fingerprint density at radius 2 is 1.87 bits per heavy atom. The van der Waals surface area contributed by atoms with Crippen molar-refractivity contribution in [3.63, 3.8) is 0 Å². The second-order valence-electron chi connectivity index (χ2n) is 4.60. The molecule has 1 heterocycles. The van der Waals surface area contributed by atoms with Crippen LogP contribution in [0.1, 0.15) is 46.5 Å². The van der Waals surface area contributed by atoms with Gasteiger partial charge in [-0.1, -0.05) is 27.2 Å². The van der Waals surface area contributed by atoms with E-state index in [0.717, 1.165) is 19.0 Å². The predicted octanol–water partition coefficient (Wildman–Crippen LogP) is 2.36. The number of likely N-dealkylation sites (tertiary alicyclic amines) is 1. The number of carbonyl (C=O) groups is 1. The number of rotatable bonds is 6. The van der Waals surface area contributed by atoms with Crippen molar-refractivity contribution in [2.45, 2.75) is 52.0 Å². The zero-order chi connectivity index (χ0) is 11.5. The molecule has 15 heavy (non-hydrogen) atoms. The Balaban J connectivity index is 2.57. The summed E-state index contributed by atoms with van der Waals surface area (Å²) >= 11 is 0. The van der Waals surface area contributed by atoms with Gasteiger partial charge in [0.1, 0.15) is 5.54 Å². The molecular weight excluding hydrogens is 190 g/mol. The third-order valence-electron chi connectivity index (χ3n) is 3.83. The summed E-state index contributed by atoms with van der Waals surface area (Å²) in [5.41, 5.74) is -0.593. The van der Waals surface area contributed by atoms with Gasteiger partial charge in [0, 0.05) is 13.1 Å². The number of nitrogens with zero attached hydrogens (tertiary/aromatic N) is 1. The fourth-order valence-electron chi connectivity index (χ4n) is 2.65. The van der Waals surface area contributed by atoms with Crippen LogP contribution in [0, 0.1) is 5.92 Å². The molecule has 0 aromatic heterocycles. The monoisotopic (exact) mass is 213 g/mol. The summed E-state index contributed by atoms with van der Waals surface area (Å²) in [7, 11) is 0. The first-order chi connectivity index (χ1) is 7.10. The summed E-state index contributed by atoms with van der Waals surface area (Å²) in [5, 5.41) is 9.33. The molecule has 1 N–H and O–H groups in total. The molecule has 1 aliphatic rings. The molecule has 0 bridgehead atoms. The third-order valence-corrected chi connectivity index (χ3v) is 3.83. The van der Waals surface area contributed by atoms with Crippen LogP contribution in [0.25, 0.3) is 0 Å². The molecule has 3 nitrogen and oxygen atoms in total. The van der Waals surface area contributed by atoms with Gasteiger partial charge in [-0.15, -0.1) is 0 Å². The maximum absolute atomic E-state index is 11.3. The van der Waals surface area contributed by atoms with Crippen LogP contribution >= 0.6 is 0 Å². The van der Waals surface area contributed by atoms with Gasteiger partial charge in [0.15, 0.2) is 0 Å². The normalized spacial score (nSPS) is 18.9. The van der Waals surface area contributed by atoms with E-state index in [1.807, 2.05) is 13.8 Å². The van der Waals surface area contributed by atoms with Gasteiger partial charge in [0.2, 0.25) is 0 Å². The van der Waals surface area contributed by atoms with Gasteiger partial charge in [-0.3, -0.25) is 9.69 Å². The van der Waals surface area contributed by atoms with E-state index >= 15 is 0 Å². The highest BCUT2D eigenvalue weighted by Gasteiger charge is 2.46. The van der Waals surface area contributed by atoms with Crippen LogP contribution in [0.4, 0.5) is 0 Å². The summed E-state index contributed by atoms with van der Waals surface area (Å²) in [6, 6.07) is 0. The van der Waals surface area contributed by atoms with Gasteiger partial charge in [-0.05, 0) is 25.2 Å². The molecule has 1 aliphatic heterocycles. The van der Waals surface area contributed by atoms with Crippen molar-refractivity contribution in [3.8, 4) is 0 Å². The number of carboxylic acids is 1. The van der Waals surface area contributed by atoms with E-state index in [2.05, 4.69) is 11.8 Å². The lowest BCUT2D eigenvalue weighted by atomic mass is 9.83. The van der Waals surface area contributed by atoms with Crippen molar-refractivity contribution in [2.75, 3.05) is 13.1 Å². The smallest absolute Gasteiger partial charge is 0.324 e. The van der Waals surface area contributed by atoms with E-state index in [1.165, 1.54) is 12.8 Å². The summed E-state index contributed by atoms with van der Waals surface area (Å²) in [5.74, 6) is 0.0780. The van der Waals surface area contributed by atoms with E-state index in [4.69, 9.17) is 0 Å². The topological polar surface area (TPSA) is 40.5 Å². The Bertz CT molecular complexity index is 218. The third kappa shape index (κ3) is 2.17. The Labute approximate surface area is 92.5 Å². The molecule has 0 saturated carbocycles. The van der Waals surface area contributed by atoms with Crippen molar-refractivity contribution in [3.05, 3.63) is 0 Å². The molecule has 88 valence electrons. The van der Waals surface area contributed by atoms with Crippen LogP contribution in [0.5, 0.6) is 0 Å². The first-order valence-corrected chi connectivity index (χ1v) is 6.09. The standard InChI is InChI=1S/C12H23NO2/c1-4-7-10-8-13(9-10)12(5-2,6-3)11(14)15/h10H,4-9H2,1-3H3,(H,14,15). The lowest BCUT2D eigenvalue weighted by molar-refractivity contribution is -0.158. The minimum Gasteiger partial charge on any atom is -0.480 e. The van der Waals surface area contributed by atoms with Gasteiger partial charge in [0.05, 0.1) is 0 Å². The largest absolute Gasteiger partial charge is 0.480 e. The molecule has 0 aromatic carbocycles. The Kier molecular flexibility index (Phi) is 4.14. The van der Waals surface area contributed by atoms with Crippen LogP contribution < -0.4 is 0 Å². The van der Waals surface area contributed by atoms with E-state index in [9.17, 15) is 9.90 Å². The molecule has 3 heteroatoms. The van der Waals surface area contributed by atoms with Crippen molar-refractivity contribution >= 4 is 5.97 Å².